The molecule has 1 amide bonds. The van der Waals surface area contributed by atoms with Crippen LogP contribution in [0.5, 0.6) is 0 Å². The Morgan fingerprint density at radius 1 is 1.33 bits per heavy atom. The molecule has 0 saturated carbocycles. The summed E-state index contributed by atoms with van der Waals surface area (Å²) in [6.07, 6.45) is 2.47. The molecular weight excluding hydrogens is 290 g/mol. The van der Waals surface area contributed by atoms with E-state index in [0.29, 0.717) is 29.2 Å². The molecule has 1 rings (SSSR count). The Hall–Kier alpha value is -1.95. The van der Waals surface area contributed by atoms with Crippen LogP contribution in [0.1, 0.15) is 28.4 Å². The number of benzene rings is 1. The minimum Gasteiger partial charge on any atom is -0.478 e. The van der Waals surface area contributed by atoms with Gasteiger partial charge in [0.25, 0.3) is 5.91 Å². The Kier molecular flexibility index (Phi) is 6.81. The van der Waals surface area contributed by atoms with E-state index in [9.17, 15) is 13.8 Å². The normalized spacial score (nSPS) is 12.3. The van der Waals surface area contributed by atoms with Crippen molar-refractivity contribution in [1.82, 2.24) is 5.32 Å². The lowest BCUT2D eigenvalue weighted by molar-refractivity contribution is -0.131. The van der Waals surface area contributed by atoms with Crippen molar-refractivity contribution in [2.24, 2.45) is 0 Å². The fourth-order valence-corrected chi connectivity index (χ4v) is 2.35. The van der Waals surface area contributed by atoms with Gasteiger partial charge >= 0.3 is 5.97 Å². The standard InChI is InChI=1S/C15H19NO4S/c1-3-21(20)7-6-16-15(19)13-9-11(2)8-12(10-13)4-5-14(17)18/h4-5,8-10H,3,6-7H2,1-2H3,(H,16,19)(H,17,18)/b5-4+. The van der Waals surface area contributed by atoms with Crippen LogP contribution in [0.3, 0.4) is 0 Å². The summed E-state index contributed by atoms with van der Waals surface area (Å²) in [5.41, 5.74) is 1.98. The zero-order chi connectivity index (χ0) is 15.8. The highest BCUT2D eigenvalue weighted by Crippen LogP contribution is 2.11. The monoisotopic (exact) mass is 309 g/mol. The van der Waals surface area contributed by atoms with Crippen LogP contribution < -0.4 is 5.32 Å². The van der Waals surface area contributed by atoms with E-state index in [4.69, 9.17) is 5.11 Å². The Balaban J connectivity index is 2.75. The third kappa shape index (κ3) is 6.35. The van der Waals surface area contributed by atoms with E-state index in [0.717, 1.165) is 11.6 Å². The van der Waals surface area contributed by atoms with Gasteiger partial charge in [0.1, 0.15) is 0 Å². The van der Waals surface area contributed by atoms with Crippen molar-refractivity contribution < 1.29 is 18.9 Å². The van der Waals surface area contributed by atoms with Crippen LogP contribution in [0.2, 0.25) is 0 Å². The summed E-state index contributed by atoms with van der Waals surface area (Å²) in [7, 11) is -0.908. The SMILES string of the molecule is CCS(=O)CCNC(=O)c1cc(C)cc(/C=C/C(=O)O)c1. The maximum atomic E-state index is 12.0. The number of carboxylic acids is 1. The Morgan fingerprint density at radius 2 is 2.05 bits per heavy atom. The van der Waals surface area contributed by atoms with Gasteiger partial charge < -0.3 is 10.4 Å². The number of aliphatic carboxylic acids is 1. The van der Waals surface area contributed by atoms with Crippen molar-refractivity contribution in [1.29, 1.82) is 0 Å². The second-order valence-electron chi connectivity index (χ2n) is 4.49. The second-order valence-corrected chi connectivity index (χ2v) is 6.36. The van der Waals surface area contributed by atoms with Gasteiger partial charge in [0, 0.05) is 40.5 Å². The lowest BCUT2D eigenvalue weighted by atomic mass is 10.1. The molecule has 21 heavy (non-hydrogen) atoms. The predicted octanol–water partition coefficient (Wildman–Crippen LogP) is 1.59. The molecular formula is C15H19NO4S. The molecule has 1 aromatic carbocycles. The van der Waals surface area contributed by atoms with E-state index in [2.05, 4.69) is 5.32 Å². The quantitative estimate of drug-likeness (QED) is 0.749. The number of carboxylic acid groups (broad SMARTS) is 1. The molecule has 0 bridgehead atoms. The summed E-state index contributed by atoms with van der Waals surface area (Å²) >= 11 is 0. The minimum atomic E-state index is -1.04. The van der Waals surface area contributed by atoms with Crippen molar-refractivity contribution >= 4 is 28.8 Å². The Bertz CT molecular complexity index is 581. The third-order valence-corrected chi connectivity index (χ3v) is 4.02. The van der Waals surface area contributed by atoms with E-state index in [1.807, 2.05) is 13.8 Å². The molecule has 6 heteroatoms. The first kappa shape index (κ1) is 17.1. The maximum absolute atomic E-state index is 12.0. The van der Waals surface area contributed by atoms with Crippen LogP contribution in [-0.4, -0.2) is 39.2 Å². The average Bonchev–Trinajstić information content (AvgIpc) is 2.44. The maximum Gasteiger partial charge on any atom is 0.328 e. The molecule has 0 spiro atoms. The number of amides is 1. The number of carbonyl (C=O) groups excluding carboxylic acids is 1. The summed E-state index contributed by atoms with van der Waals surface area (Å²) < 4.78 is 11.3. The topological polar surface area (TPSA) is 83.5 Å². The van der Waals surface area contributed by atoms with Gasteiger partial charge in [-0.05, 0) is 36.3 Å². The van der Waals surface area contributed by atoms with Gasteiger partial charge in [-0.15, -0.1) is 0 Å². The molecule has 0 fully saturated rings. The lowest BCUT2D eigenvalue weighted by Crippen LogP contribution is -2.28. The van der Waals surface area contributed by atoms with Gasteiger partial charge in [-0.3, -0.25) is 9.00 Å². The zero-order valence-corrected chi connectivity index (χ0v) is 12.9. The lowest BCUT2D eigenvalue weighted by Gasteiger charge is -2.07. The van der Waals surface area contributed by atoms with Gasteiger partial charge in [-0.1, -0.05) is 13.0 Å². The van der Waals surface area contributed by atoms with E-state index in [1.165, 1.54) is 6.08 Å². The molecule has 0 aliphatic heterocycles. The second kappa shape index (κ2) is 8.36. The van der Waals surface area contributed by atoms with Gasteiger partial charge in [-0.25, -0.2) is 4.79 Å². The van der Waals surface area contributed by atoms with Crippen molar-refractivity contribution in [2.75, 3.05) is 18.1 Å². The molecule has 0 aliphatic rings. The molecule has 0 aromatic heterocycles. The molecule has 5 nitrogen and oxygen atoms in total. The fourth-order valence-electron chi connectivity index (χ4n) is 1.73. The minimum absolute atomic E-state index is 0.253. The van der Waals surface area contributed by atoms with Gasteiger partial charge in [-0.2, -0.15) is 0 Å². The van der Waals surface area contributed by atoms with Crippen LogP contribution in [0.15, 0.2) is 24.3 Å². The van der Waals surface area contributed by atoms with Gasteiger partial charge in [0.2, 0.25) is 0 Å². The van der Waals surface area contributed by atoms with Crippen LogP contribution in [0.25, 0.3) is 6.08 Å². The van der Waals surface area contributed by atoms with Crippen LogP contribution in [0, 0.1) is 6.92 Å². The highest BCUT2D eigenvalue weighted by Gasteiger charge is 2.07. The molecule has 2 N–H and O–H groups in total. The first-order valence-electron chi connectivity index (χ1n) is 6.58. The number of carbonyl (C=O) groups is 2. The number of hydrogen-bond donors (Lipinski definition) is 2. The van der Waals surface area contributed by atoms with E-state index in [-0.39, 0.29) is 5.91 Å². The molecule has 1 atom stereocenters. The fraction of sp³-hybridized carbons (Fsp3) is 0.333. The Morgan fingerprint density at radius 3 is 2.67 bits per heavy atom. The van der Waals surface area contributed by atoms with Crippen molar-refractivity contribution in [3.63, 3.8) is 0 Å². The summed E-state index contributed by atoms with van der Waals surface area (Å²) in [4.78, 5) is 22.5. The first-order valence-corrected chi connectivity index (χ1v) is 8.07. The predicted molar refractivity (Wildman–Crippen MR) is 83.7 cm³/mol. The number of hydrogen-bond acceptors (Lipinski definition) is 3. The average molecular weight is 309 g/mol. The smallest absolute Gasteiger partial charge is 0.328 e. The van der Waals surface area contributed by atoms with E-state index < -0.39 is 16.8 Å². The van der Waals surface area contributed by atoms with Crippen molar-refractivity contribution in [3.05, 3.63) is 41.0 Å². The molecule has 0 radical (unpaired) electrons. The molecule has 1 aromatic rings. The van der Waals surface area contributed by atoms with E-state index >= 15 is 0 Å². The number of rotatable bonds is 7. The van der Waals surface area contributed by atoms with E-state index in [1.54, 1.807) is 18.2 Å². The van der Waals surface area contributed by atoms with Crippen molar-refractivity contribution in [2.45, 2.75) is 13.8 Å². The summed E-state index contributed by atoms with van der Waals surface area (Å²) in [6, 6.07) is 5.14. The van der Waals surface area contributed by atoms with Crippen LogP contribution in [0.4, 0.5) is 0 Å². The highest BCUT2D eigenvalue weighted by atomic mass is 32.2. The zero-order valence-electron chi connectivity index (χ0n) is 12.1. The molecule has 0 saturated heterocycles. The summed E-state index contributed by atoms with van der Waals surface area (Å²) in [5.74, 6) is -0.286. The molecule has 114 valence electrons. The molecule has 1 unspecified atom stereocenters. The van der Waals surface area contributed by atoms with Crippen LogP contribution >= 0.6 is 0 Å². The molecule has 0 heterocycles. The summed E-state index contributed by atoms with van der Waals surface area (Å²) in [5, 5.41) is 11.3. The van der Waals surface area contributed by atoms with Crippen LogP contribution in [-0.2, 0) is 15.6 Å². The highest BCUT2D eigenvalue weighted by molar-refractivity contribution is 7.84. The van der Waals surface area contributed by atoms with Gasteiger partial charge in [0.15, 0.2) is 0 Å². The summed E-state index contributed by atoms with van der Waals surface area (Å²) in [6.45, 7) is 4.02. The number of nitrogens with one attached hydrogen (secondary N) is 1. The molecule has 0 aliphatic carbocycles. The third-order valence-electron chi connectivity index (χ3n) is 2.72. The number of aryl methyl sites for hydroxylation is 1. The largest absolute Gasteiger partial charge is 0.478 e. The van der Waals surface area contributed by atoms with Crippen molar-refractivity contribution in [3.8, 4) is 0 Å². The Labute approximate surface area is 126 Å². The van der Waals surface area contributed by atoms with Gasteiger partial charge in [0.05, 0.1) is 0 Å². The first-order chi connectivity index (χ1) is 9.92.